The molecule has 1 radical (unpaired) electrons. The quantitative estimate of drug-likeness (QED) is 0.648. The monoisotopic (exact) mass is 175 g/mol. The molecule has 0 atom stereocenters. The van der Waals surface area contributed by atoms with Crippen molar-refractivity contribution in [2.24, 2.45) is 5.73 Å². The van der Waals surface area contributed by atoms with Gasteiger partial charge in [-0.05, 0) is 30.2 Å². The van der Waals surface area contributed by atoms with Gasteiger partial charge in [-0.3, -0.25) is 0 Å². The molecule has 0 saturated heterocycles. The van der Waals surface area contributed by atoms with E-state index in [1.54, 1.807) is 18.7 Å². The predicted molar refractivity (Wildman–Crippen MR) is 52.2 cm³/mol. The summed E-state index contributed by atoms with van der Waals surface area (Å²) in [6, 6.07) is 5.25. The van der Waals surface area contributed by atoms with Gasteiger partial charge in [0.25, 0.3) is 0 Å². The highest BCUT2D eigenvalue weighted by atomic mass is 16.3. The Labute approximate surface area is 76.2 Å². The van der Waals surface area contributed by atoms with E-state index >= 15 is 0 Å². The number of benzene rings is 1. The number of aromatic nitrogens is 1. The number of fused-ring (bicyclic) bond motifs is 1. The lowest BCUT2D eigenvalue weighted by Crippen LogP contribution is -1.93. The van der Waals surface area contributed by atoms with E-state index in [2.05, 4.69) is 4.98 Å². The standard InChI is InChI=1S/C10H11N2O/c11-4-3-7-6-12-10-2-1-8(13)5-9(7)10/h1-2,4-6,12-13H,3,11H2. The fourth-order valence-electron chi connectivity index (χ4n) is 1.46. The van der Waals surface area contributed by atoms with Gasteiger partial charge >= 0.3 is 0 Å². The minimum atomic E-state index is 0.283. The lowest BCUT2D eigenvalue weighted by Gasteiger charge is -1.96. The minimum Gasteiger partial charge on any atom is -0.508 e. The molecule has 2 aromatic rings. The fourth-order valence-corrected chi connectivity index (χ4v) is 1.46. The van der Waals surface area contributed by atoms with Crippen LogP contribution in [0.15, 0.2) is 24.4 Å². The summed E-state index contributed by atoms with van der Waals surface area (Å²) in [7, 11) is 0. The molecule has 2 rings (SSSR count). The zero-order valence-corrected chi connectivity index (χ0v) is 7.12. The lowest BCUT2D eigenvalue weighted by atomic mass is 10.1. The molecule has 0 amide bonds. The van der Waals surface area contributed by atoms with Crippen LogP contribution in [0.1, 0.15) is 5.56 Å². The van der Waals surface area contributed by atoms with Gasteiger partial charge in [-0.2, -0.15) is 0 Å². The van der Waals surface area contributed by atoms with Gasteiger partial charge in [0, 0.05) is 23.6 Å². The summed E-state index contributed by atoms with van der Waals surface area (Å²) in [5.74, 6) is 0.283. The Morgan fingerprint density at radius 1 is 1.46 bits per heavy atom. The highest BCUT2D eigenvalue weighted by molar-refractivity contribution is 5.84. The number of hydrogen-bond donors (Lipinski definition) is 3. The van der Waals surface area contributed by atoms with Crippen molar-refractivity contribution in [3.8, 4) is 5.75 Å². The fraction of sp³-hybridized carbons (Fsp3) is 0.100. The maximum Gasteiger partial charge on any atom is 0.116 e. The minimum absolute atomic E-state index is 0.283. The normalized spacial score (nSPS) is 10.8. The first-order valence-electron chi connectivity index (χ1n) is 4.13. The molecule has 4 N–H and O–H groups in total. The second-order valence-electron chi connectivity index (χ2n) is 2.98. The Bertz CT molecular complexity index is 420. The third-order valence-electron chi connectivity index (χ3n) is 2.09. The number of nitrogens with two attached hydrogens (primary N) is 1. The molecule has 3 heteroatoms. The largest absolute Gasteiger partial charge is 0.508 e. The average Bonchev–Trinajstić information content (AvgIpc) is 2.49. The summed E-state index contributed by atoms with van der Waals surface area (Å²) < 4.78 is 0. The second kappa shape index (κ2) is 3.11. The Balaban J connectivity index is 2.58. The molecule has 0 aliphatic heterocycles. The van der Waals surface area contributed by atoms with Gasteiger partial charge in [-0.1, -0.05) is 0 Å². The van der Waals surface area contributed by atoms with E-state index in [0.717, 1.165) is 16.5 Å². The summed E-state index contributed by atoms with van der Waals surface area (Å²) >= 11 is 0. The zero-order chi connectivity index (χ0) is 9.26. The van der Waals surface area contributed by atoms with E-state index in [1.165, 1.54) is 0 Å². The number of H-pyrrole nitrogens is 1. The van der Waals surface area contributed by atoms with Gasteiger partial charge in [0.2, 0.25) is 0 Å². The van der Waals surface area contributed by atoms with Gasteiger partial charge in [0.15, 0.2) is 0 Å². The summed E-state index contributed by atoms with van der Waals surface area (Å²) in [4.78, 5) is 3.11. The first-order valence-corrected chi connectivity index (χ1v) is 4.13. The van der Waals surface area contributed by atoms with Gasteiger partial charge in [-0.25, -0.2) is 0 Å². The van der Waals surface area contributed by atoms with Crippen molar-refractivity contribution in [2.75, 3.05) is 0 Å². The van der Waals surface area contributed by atoms with Crippen LogP contribution in [0.3, 0.4) is 0 Å². The molecule has 0 spiro atoms. The van der Waals surface area contributed by atoms with Crippen LogP contribution in [0, 0.1) is 6.54 Å². The number of aromatic amines is 1. The van der Waals surface area contributed by atoms with Crippen LogP contribution in [-0.2, 0) is 6.42 Å². The highest BCUT2D eigenvalue weighted by Gasteiger charge is 2.02. The topological polar surface area (TPSA) is 62.0 Å². The van der Waals surface area contributed by atoms with Crippen LogP contribution in [0.2, 0.25) is 0 Å². The van der Waals surface area contributed by atoms with Crippen LogP contribution in [0.5, 0.6) is 5.75 Å². The first-order chi connectivity index (χ1) is 6.31. The van der Waals surface area contributed by atoms with Crippen molar-refractivity contribution in [3.63, 3.8) is 0 Å². The maximum absolute atomic E-state index is 9.29. The molecule has 0 fully saturated rings. The number of phenols is 1. The Morgan fingerprint density at radius 3 is 3.08 bits per heavy atom. The van der Waals surface area contributed by atoms with E-state index in [-0.39, 0.29) is 5.75 Å². The maximum atomic E-state index is 9.29. The Kier molecular flexibility index (Phi) is 1.94. The third-order valence-corrected chi connectivity index (χ3v) is 2.09. The van der Waals surface area contributed by atoms with Gasteiger partial charge in [0.1, 0.15) is 5.75 Å². The average molecular weight is 175 g/mol. The van der Waals surface area contributed by atoms with Crippen LogP contribution in [-0.4, -0.2) is 10.1 Å². The third kappa shape index (κ3) is 1.38. The Hall–Kier alpha value is -1.48. The molecule has 0 bridgehead atoms. The molecular weight excluding hydrogens is 164 g/mol. The van der Waals surface area contributed by atoms with Crippen molar-refractivity contribution < 1.29 is 5.11 Å². The van der Waals surface area contributed by atoms with Crippen LogP contribution in [0.25, 0.3) is 10.9 Å². The molecule has 1 aromatic heterocycles. The number of aromatic hydroxyl groups is 1. The van der Waals surface area contributed by atoms with Crippen molar-refractivity contribution in [1.29, 1.82) is 0 Å². The molecule has 3 nitrogen and oxygen atoms in total. The van der Waals surface area contributed by atoms with Crippen molar-refractivity contribution in [2.45, 2.75) is 6.42 Å². The van der Waals surface area contributed by atoms with E-state index in [1.807, 2.05) is 12.3 Å². The van der Waals surface area contributed by atoms with Crippen LogP contribution >= 0.6 is 0 Å². The molecule has 1 heterocycles. The Morgan fingerprint density at radius 2 is 2.31 bits per heavy atom. The van der Waals surface area contributed by atoms with E-state index < -0.39 is 0 Å². The van der Waals surface area contributed by atoms with Gasteiger partial charge in [-0.15, -0.1) is 0 Å². The highest BCUT2D eigenvalue weighted by Crippen LogP contribution is 2.23. The summed E-state index contributed by atoms with van der Waals surface area (Å²) in [6.45, 7) is 1.60. The smallest absolute Gasteiger partial charge is 0.116 e. The molecule has 1 aromatic carbocycles. The van der Waals surface area contributed by atoms with Gasteiger partial charge < -0.3 is 15.8 Å². The number of phenolic OH excluding ortho intramolecular Hbond substituents is 1. The van der Waals surface area contributed by atoms with E-state index in [0.29, 0.717) is 6.42 Å². The number of nitrogens with one attached hydrogen (secondary N) is 1. The van der Waals surface area contributed by atoms with E-state index in [9.17, 15) is 5.11 Å². The molecule has 0 saturated carbocycles. The molecular formula is C10H11N2O. The van der Waals surface area contributed by atoms with Crippen LogP contribution < -0.4 is 5.73 Å². The van der Waals surface area contributed by atoms with Crippen molar-refractivity contribution in [3.05, 3.63) is 36.5 Å². The number of rotatable bonds is 2. The molecule has 67 valence electrons. The SMILES string of the molecule is N[CH]Cc1c[nH]c2ccc(O)cc12. The van der Waals surface area contributed by atoms with E-state index in [4.69, 9.17) is 5.73 Å². The summed E-state index contributed by atoms with van der Waals surface area (Å²) in [6.07, 6.45) is 2.62. The lowest BCUT2D eigenvalue weighted by molar-refractivity contribution is 0.476. The van der Waals surface area contributed by atoms with Crippen molar-refractivity contribution >= 4 is 10.9 Å². The van der Waals surface area contributed by atoms with Crippen LogP contribution in [0.4, 0.5) is 0 Å². The first kappa shape index (κ1) is 8.13. The summed E-state index contributed by atoms with van der Waals surface area (Å²) in [5, 5.41) is 10.3. The van der Waals surface area contributed by atoms with Gasteiger partial charge in [0.05, 0.1) is 0 Å². The van der Waals surface area contributed by atoms with Crippen molar-refractivity contribution in [1.82, 2.24) is 4.98 Å². The molecule has 0 aliphatic rings. The predicted octanol–water partition coefficient (Wildman–Crippen LogP) is 1.54. The molecule has 0 aliphatic carbocycles. The zero-order valence-electron chi connectivity index (χ0n) is 7.12. The number of hydrogen-bond acceptors (Lipinski definition) is 2. The second-order valence-corrected chi connectivity index (χ2v) is 2.98. The molecule has 13 heavy (non-hydrogen) atoms. The molecule has 0 unspecified atom stereocenters. The summed E-state index contributed by atoms with van der Waals surface area (Å²) in [5.41, 5.74) is 7.48.